The summed E-state index contributed by atoms with van der Waals surface area (Å²) in [6, 6.07) is 0. The number of carboxylic acids is 2. The Labute approximate surface area is 87.5 Å². The highest BCUT2D eigenvalue weighted by atomic mass is 16.4. The van der Waals surface area contributed by atoms with E-state index in [0.717, 1.165) is 0 Å². The van der Waals surface area contributed by atoms with E-state index >= 15 is 0 Å². The second-order valence-electron chi connectivity index (χ2n) is 3.49. The van der Waals surface area contributed by atoms with Crippen molar-refractivity contribution >= 4 is 11.9 Å². The standard InChI is InChI=1S/C5H12O2.C4H4O4/c1-5(2,3-6)4-7;5-3(6)1-2-4(7)8/h6-7H,3-4H2,1-2H3;1-2H,(H,5,6)(H,7,8)/b;2-1+. The summed E-state index contributed by atoms with van der Waals surface area (Å²) < 4.78 is 0. The monoisotopic (exact) mass is 220 g/mol. The molecule has 0 heterocycles. The summed E-state index contributed by atoms with van der Waals surface area (Å²) in [5.41, 5.74) is -0.306. The van der Waals surface area contributed by atoms with E-state index < -0.39 is 11.9 Å². The van der Waals surface area contributed by atoms with E-state index in [4.69, 9.17) is 20.4 Å². The number of aliphatic carboxylic acids is 2. The summed E-state index contributed by atoms with van der Waals surface area (Å²) in [6.45, 7) is 3.69. The lowest BCUT2D eigenvalue weighted by Gasteiger charge is -2.16. The molecular formula is C9H16O6. The van der Waals surface area contributed by atoms with Crippen LogP contribution >= 0.6 is 0 Å². The lowest BCUT2D eigenvalue weighted by Crippen LogP contribution is -2.20. The van der Waals surface area contributed by atoms with Crippen molar-refractivity contribution in [1.82, 2.24) is 0 Å². The largest absolute Gasteiger partial charge is 0.478 e. The van der Waals surface area contributed by atoms with Crippen molar-refractivity contribution in [2.45, 2.75) is 13.8 Å². The lowest BCUT2D eigenvalue weighted by molar-refractivity contribution is -0.134. The van der Waals surface area contributed by atoms with Crippen LogP contribution in [0.25, 0.3) is 0 Å². The molecule has 0 amide bonds. The van der Waals surface area contributed by atoms with Crippen LogP contribution in [0.2, 0.25) is 0 Å². The van der Waals surface area contributed by atoms with E-state index in [1.807, 2.05) is 0 Å². The Morgan fingerprint density at radius 1 is 1.00 bits per heavy atom. The van der Waals surface area contributed by atoms with Crippen LogP contribution in [0.3, 0.4) is 0 Å². The highest BCUT2D eigenvalue weighted by molar-refractivity contribution is 5.89. The number of hydrogen-bond acceptors (Lipinski definition) is 4. The minimum Gasteiger partial charge on any atom is -0.478 e. The molecule has 0 aromatic rings. The van der Waals surface area contributed by atoms with E-state index in [9.17, 15) is 9.59 Å². The molecule has 0 radical (unpaired) electrons. The summed E-state index contributed by atoms with van der Waals surface area (Å²) in [7, 11) is 0. The van der Waals surface area contributed by atoms with Gasteiger partial charge in [0, 0.05) is 17.6 Å². The van der Waals surface area contributed by atoms with E-state index in [2.05, 4.69) is 0 Å². The molecule has 0 aliphatic heterocycles. The molecule has 0 aromatic carbocycles. The highest BCUT2D eigenvalue weighted by Crippen LogP contribution is 2.10. The molecule has 88 valence electrons. The maximum atomic E-state index is 9.55. The zero-order chi connectivity index (χ0) is 12.5. The van der Waals surface area contributed by atoms with Gasteiger partial charge in [-0.2, -0.15) is 0 Å². The zero-order valence-corrected chi connectivity index (χ0v) is 8.67. The first-order chi connectivity index (χ1) is 6.75. The Morgan fingerprint density at radius 3 is 1.33 bits per heavy atom. The summed E-state index contributed by atoms with van der Waals surface area (Å²) in [5, 5.41) is 32.5. The first kappa shape index (κ1) is 16.0. The Kier molecular flexibility index (Phi) is 8.51. The summed E-state index contributed by atoms with van der Waals surface area (Å²) in [4.78, 5) is 19.1. The van der Waals surface area contributed by atoms with Gasteiger partial charge in [-0.1, -0.05) is 13.8 Å². The number of aliphatic hydroxyl groups excluding tert-OH is 2. The minimum atomic E-state index is -1.26. The number of aliphatic hydroxyl groups is 2. The van der Waals surface area contributed by atoms with Gasteiger partial charge in [-0.15, -0.1) is 0 Å². The molecule has 0 unspecified atom stereocenters. The van der Waals surface area contributed by atoms with Crippen LogP contribution < -0.4 is 0 Å². The fraction of sp³-hybridized carbons (Fsp3) is 0.556. The van der Waals surface area contributed by atoms with Gasteiger partial charge in [-0.3, -0.25) is 0 Å². The maximum absolute atomic E-state index is 9.55. The molecule has 0 rings (SSSR count). The van der Waals surface area contributed by atoms with Crippen LogP contribution in [0.15, 0.2) is 12.2 Å². The third-order valence-corrected chi connectivity index (χ3v) is 1.22. The van der Waals surface area contributed by atoms with Crippen LogP contribution in [0.5, 0.6) is 0 Å². The van der Waals surface area contributed by atoms with Crippen LogP contribution in [-0.2, 0) is 9.59 Å². The van der Waals surface area contributed by atoms with E-state index in [-0.39, 0.29) is 18.6 Å². The normalized spacial score (nSPS) is 10.7. The average Bonchev–Trinajstić information content (AvgIpc) is 2.16. The van der Waals surface area contributed by atoms with Crippen LogP contribution in [0, 0.1) is 5.41 Å². The fourth-order valence-electron chi connectivity index (χ4n) is 0.193. The van der Waals surface area contributed by atoms with E-state index in [0.29, 0.717) is 12.2 Å². The first-order valence-electron chi connectivity index (χ1n) is 4.11. The molecule has 0 saturated carbocycles. The molecule has 0 bridgehead atoms. The maximum Gasteiger partial charge on any atom is 0.328 e. The van der Waals surface area contributed by atoms with Gasteiger partial charge in [0.1, 0.15) is 0 Å². The molecule has 0 saturated heterocycles. The fourth-order valence-corrected chi connectivity index (χ4v) is 0.193. The molecule has 6 nitrogen and oxygen atoms in total. The van der Waals surface area contributed by atoms with Gasteiger partial charge in [0.2, 0.25) is 0 Å². The van der Waals surface area contributed by atoms with Crippen molar-refractivity contribution in [1.29, 1.82) is 0 Å². The Morgan fingerprint density at radius 2 is 1.27 bits per heavy atom. The Bertz CT molecular complexity index is 209. The van der Waals surface area contributed by atoms with Gasteiger partial charge in [0.15, 0.2) is 0 Å². The minimum absolute atomic E-state index is 0.0451. The van der Waals surface area contributed by atoms with Gasteiger partial charge < -0.3 is 20.4 Å². The van der Waals surface area contributed by atoms with Gasteiger partial charge in [-0.25, -0.2) is 9.59 Å². The third kappa shape index (κ3) is 15.4. The predicted octanol–water partition coefficient (Wildman–Crippen LogP) is -0.291. The van der Waals surface area contributed by atoms with E-state index in [1.54, 1.807) is 13.8 Å². The number of carbonyl (C=O) groups is 2. The van der Waals surface area contributed by atoms with Crippen molar-refractivity contribution in [2.75, 3.05) is 13.2 Å². The van der Waals surface area contributed by atoms with Gasteiger partial charge >= 0.3 is 11.9 Å². The molecule has 0 fully saturated rings. The zero-order valence-electron chi connectivity index (χ0n) is 8.67. The molecule has 0 atom stereocenters. The van der Waals surface area contributed by atoms with E-state index in [1.165, 1.54) is 0 Å². The van der Waals surface area contributed by atoms with Crippen molar-refractivity contribution in [2.24, 2.45) is 5.41 Å². The quantitative estimate of drug-likeness (QED) is 0.484. The van der Waals surface area contributed by atoms with Gasteiger partial charge in [0.05, 0.1) is 13.2 Å². The highest BCUT2D eigenvalue weighted by Gasteiger charge is 2.13. The molecule has 0 aromatic heterocycles. The SMILES string of the molecule is CC(C)(CO)CO.O=C(O)/C=C/C(=O)O. The molecule has 0 spiro atoms. The summed E-state index contributed by atoms with van der Waals surface area (Å²) >= 11 is 0. The Balaban J connectivity index is 0. The number of rotatable bonds is 4. The van der Waals surface area contributed by atoms with Crippen LogP contribution in [0.4, 0.5) is 0 Å². The van der Waals surface area contributed by atoms with Crippen molar-refractivity contribution < 1.29 is 30.0 Å². The smallest absolute Gasteiger partial charge is 0.328 e. The van der Waals surface area contributed by atoms with Crippen molar-refractivity contribution in [3.63, 3.8) is 0 Å². The number of hydrogen-bond donors (Lipinski definition) is 4. The second-order valence-corrected chi connectivity index (χ2v) is 3.49. The molecule has 0 aliphatic carbocycles. The third-order valence-electron chi connectivity index (χ3n) is 1.22. The molecule has 0 aliphatic rings. The summed E-state index contributed by atoms with van der Waals surface area (Å²) in [6.07, 6.45) is 1.12. The number of carboxylic acid groups (broad SMARTS) is 2. The van der Waals surface area contributed by atoms with Crippen molar-refractivity contribution in [3.8, 4) is 0 Å². The molecular weight excluding hydrogens is 204 g/mol. The first-order valence-corrected chi connectivity index (χ1v) is 4.11. The average molecular weight is 220 g/mol. The molecule has 4 N–H and O–H groups in total. The second kappa shape index (κ2) is 7.95. The van der Waals surface area contributed by atoms with Gasteiger partial charge in [-0.05, 0) is 0 Å². The Hall–Kier alpha value is -1.40. The van der Waals surface area contributed by atoms with Crippen LogP contribution in [-0.4, -0.2) is 45.6 Å². The molecule has 15 heavy (non-hydrogen) atoms. The molecule has 6 heteroatoms. The van der Waals surface area contributed by atoms with Crippen molar-refractivity contribution in [3.05, 3.63) is 12.2 Å². The van der Waals surface area contributed by atoms with Gasteiger partial charge in [0.25, 0.3) is 0 Å². The predicted molar refractivity (Wildman–Crippen MR) is 52.4 cm³/mol. The lowest BCUT2D eigenvalue weighted by atomic mass is 9.97. The topological polar surface area (TPSA) is 115 Å². The summed E-state index contributed by atoms with van der Waals surface area (Å²) in [5.74, 6) is -2.51. The van der Waals surface area contributed by atoms with Crippen LogP contribution in [0.1, 0.15) is 13.8 Å².